The molecular weight excluding hydrogens is 220 g/mol. The highest BCUT2D eigenvalue weighted by molar-refractivity contribution is 7.08. The summed E-state index contributed by atoms with van der Waals surface area (Å²) in [7, 11) is 0. The minimum Gasteiger partial charge on any atom is -0.466 e. The molecule has 0 aliphatic carbocycles. The monoisotopic (exact) mass is 232 g/mol. The maximum atomic E-state index is 11.8. The van der Waals surface area contributed by atoms with Gasteiger partial charge in [0.05, 0.1) is 5.56 Å². The van der Waals surface area contributed by atoms with Crippen molar-refractivity contribution in [2.24, 2.45) is 0 Å². The lowest BCUT2D eigenvalue weighted by molar-refractivity contribution is 0.104. The molecule has 2 nitrogen and oxygen atoms in total. The van der Waals surface area contributed by atoms with Crippen LogP contribution < -0.4 is 0 Å². The van der Waals surface area contributed by atoms with E-state index in [-0.39, 0.29) is 5.78 Å². The van der Waals surface area contributed by atoms with E-state index in [1.54, 1.807) is 30.4 Å². The number of rotatable bonds is 3. The van der Waals surface area contributed by atoms with Crippen LogP contribution in [0.1, 0.15) is 27.4 Å². The van der Waals surface area contributed by atoms with Crippen molar-refractivity contribution in [2.75, 3.05) is 0 Å². The molecule has 2 aromatic heterocycles. The van der Waals surface area contributed by atoms with E-state index in [9.17, 15) is 4.79 Å². The van der Waals surface area contributed by atoms with Gasteiger partial charge in [0.25, 0.3) is 0 Å². The van der Waals surface area contributed by atoms with Crippen LogP contribution in [0.4, 0.5) is 0 Å². The van der Waals surface area contributed by atoms with Crippen molar-refractivity contribution in [3.8, 4) is 0 Å². The molecule has 16 heavy (non-hydrogen) atoms. The molecule has 0 aliphatic rings. The molecule has 0 saturated carbocycles. The molecule has 0 bridgehead atoms. The zero-order valence-corrected chi connectivity index (χ0v) is 10.0. The third-order valence-corrected chi connectivity index (χ3v) is 2.98. The summed E-state index contributed by atoms with van der Waals surface area (Å²) in [5.74, 6) is 1.43. The molecule has 0 saturated heterocycles. The Kier molecular flexibility index (Phi) is 3.06. The molecule has 0 unspecified atom stereocenters. The lowest BCUT2D eigenvalue weighted by atomic mass is 10.1. The smallest absolute Gasteiger partial charge is 0.189 e. The zero-order valence-electron chi connectivity index (χ0n) is 9.19. The van der Waals surface area contributed by atoms with Crippen molar-refractivity contribution in [2.45, 2.75) is 13.8 Å². The molecule has 0 amide bonds. The normalized spacial score (nSPS) is 11.1. The van der Waals surface area contributed by atoms with Crippen LogP contribution in [0.5, 0.6) is 0 Å². The van der Waals surface area contributed by atoms with E-state index in [4.69, 9.17) is 4.42 Å². The molecule has 0 aliphatic heterocycles. The second kappa shape index (κ2) is 4.49. The average Bonchev–Trinajstić information content (AvgIpc) is 2.84. The topological polar surface area (TPSA) is 30.2 Å². The minimum atomic E-state index is -0.0134. The van der Waals surface area contributed by atoms with E-state index in [1.807, 2.05) is 29.8 Å². The van der Waals surface area contributed by atoms with Gasteiger partial charge in [0, 0.05) is 0 Å². The molecule has 0 aromatic carbocycles. The number of thiophene rings is 1. The lowest BCUT2D eigenvalue weighted by Gasteiger charge is -1.90. The fourth-order valence-electron chi connectivity index (χ4n) is 1.51. The minimum absolute atomic E-state index is 0.0134. The summed E-state index contributed by atoms with van der Waals surface area (Å²) in [6.07, 6.45) is 3.40. The van der Waals surface area contributed by atoms with Gasteiger partial charge in [-0.25, -0.2) is 0 Å². The van der Waals surface area contributed by atoms with E-state index in [2.05, 4.69) is 0 Å². The predicted molar refractivity (Wildman–Crippen MR) is 65.9 cm³/mol. The van der Waals surface area contributed by atoms with E-state index in [1.165, 1.54) is 0 Å². The number of carbonyl (C=O) groups excluding carboxylic acids is 1. The van der Waals surface area contributed by atoms with Crippen LogP contribution >= 0.6 is 11.3 Å². The highest BCUT2D eigenvalue weighted by Crippen LogP contribution is 2.15. The molecule has 0 spiro atoms. The first-order valence-corrected chi connectivity index (χ1v) is 5.93. The van der Waals surface area contributed by atoms with Gasteiger partial charge in [-0.2, -0.15) is 11.3 Å². The highest BCUT2D eigenvalue weighted by atomic mass is 32.1. The largest absolute Gasteiger partial charge is 0.466 e. The van der Waals surface area contributed by atoms with Crippen molar-refractivity contribution >= 4 is 23.2 Å². The average molecular weight is 232 g/mol. The first-order chi connectivity index (χ1) is 7.66. The molecule has 0 N–H and O–H groups in total. The first kappa shape index (κ1) is 10.9. The maximum Gasteiger partial charge on any atom is 0.189 e. The van der Waals surface area contributed by atoms with Crippen molar-refractivity contribution in [3.05, 3.63) is 51.6 Å². The van der Waals surface area contributed by atoms with Gasteiger partial charge in [-0.15, -0.1) is 0 Å². The fraction of sp³-hybridized carbons (Fsp3) is 0.154. The van der Waals surface area contributed by atoms with Gasteiger partial charge >= 0.3 is 0 Å². The summed E-state index contributed by atoms with van der Waals surface area (Å²) in [5, 5.41) is 3.98. The zero-order chi connectivity index (χ0) is 11.5. The summed E-state index contributed by atoms with van der Waals surface area (Å²) < 4.78 is 5.32. The van der Waals surface area contributed by atoms with Crippen molar-refractivity contribution in [1.29, 1.82) is 0 Å². The second-order valence-corrected chi connectivity index (χ2v) is 4.36. The number of furan rings is 1. The van der Waals surface area contributed by atoms with Gasteiger partial charge in [0.2, 0.25) is 0 Å². The lowest BCUT2D eigenvalue weighted by Crippen LogP contribution is -1.93. The van der Waals surface area contributed by atoms with E-state index in [0.717, 1.165) is 11.3 Å². The number of carbonyl (C=O) groups is 1. The number of aryl methyl sites for hydroxylation is 2. The fourth-order valence-corrected chi connectivity index (χ4v) is 2.14. The third kappa shape index (κ3) is 2.31. The maximum absolute atomic E-state index is 11.8. The van der Waals surface area contributed by atoms with Crippen molar-refractivity contribution in [3.63, 3.8) is 0 Å². The third-order valence-electron chi connectivity index (χ3n) is 2.28. The highest BCUT2D eigenvalue weighted by Gasteiger charge is 2.10. The van der Waals surface area contributed by atoms with Crippen molar-refractivity contribution in [1.82, 2.24) is 0 Å². The Hall–Kier alpha value is -1.61. The summed E-state index contributed by atoms with van der Waals surface area (Å²) in [6, 6.07) is 3.75. The molecule has 82 valence electrons. The first-order valence-electron chi connectivity index (χ1n) is 4.98. The van der Waals surface area contributed by atoms with E-state index in [0.29, 0.717) is 11.3 Å². The van der Waals surface area contributed by atoms with E-state index >= 15 is 0 Å². The molecule has 2 heterocycles. The van der Waals surface area contributed by atoms with Gasteiger partial charge in [-0.1, -0.05) is 6.08 Å². The predicted octanol–water partition coefficient (Wildman–Crippen LogP) is 3.85. The molecule has 3 heteroatoms. The molecule has 0 fully saturated rings. The summed E-state index contributed by atoms with van der Waals surface area (Å²) in [4.78, 5) is 11.8. The van der Waals surface area contributed by atoms with E-state index < -0.39 is 0 Å². The van der Waals surface area contributed by atoms with Crippen molar-refractivity contribution < 1.29 is 9.21 Å². The van der Waals surface area contributed by atoms with Crippen LogP contribution in [-0.2, 0) is 0 Å². The van der Waals surface area contributed by atoms with Crippen LogP contribution in [0.15, 0.2) is 33.4 Å². The number of hydrogen-bond acceptors (Lipinski definition) is 3. The standard InChI is InChI=1S/C13H12O2S/c1-9-7-12(10(2)15-9)13(14)4-3-11-5-6-16-8-11/h3-8H,1-2H3/b4-3+. The second-order valence-electron chi connectivity index (χ2n) is 3.58. The van der Waals surface area contributed by atoms with Crippen LogP contribution in [0.2, 0.25) is 0 Å². The summed E-state index contributed by atoms with van der Waals surface area (Å²) in [5.41, 5.74) is 1.69. The molecule has 0 atom stereocenters. The molecule has 0 radical (unpaired) electrons. The number of hydrogen-bond donors (Lipinski definition) is 0. The molecule has 2 rings (SSSR count). The summed E-state index contributed by atoms with van der Waals surface area (Å²) >= 11 is 1.61. The molecule has 2 aromatic rings. The number of allylic oxidation sites excluding steroid dienone is 1. The van der Waals surface area contributed by atoms with Crippen LogP contribution in [0.3, 0.4) is 0 Å². The Bertz CT molecular complexity index is 518. The Morgan fingerprint density at radius 3 is 2.81 bits per heavy atom. The Balaban J connectivity index is 2.17. The SMILES string of the molecule is Cc1cc(C(=O)/C=C/c2ccsc2)c(C)o1. The van der Waals surface area contributed by atoms with Gasteiger partial charge in [0.15, 0.2) is 5.78 Å². The van der Waals surface area contributed by atoms with Gasteiger partial charge in [0.1, 0.15) is 11.5 Å². The van der Waals surface area contributed by atoms with Crippen LogP contribution in [0, 0.1) is 13.8 Å². The van der Waals surface area contributed by atoms with Gasteiger partial charge in [-0.05, 0) is 48.4 Å². The Morgan fingerprint density at radius 2 is 2.25 bits per heavy atom. The quantitative estimate of drug-likeness (QED) is 0.594. The Morgan fingerprint density at radius 1 is 1.44 bits per heavy atom. The summed E-state index contributed by atoms with van der Waals surface area (Å²) in [6.45, 7) is 3.64. The number of ketones is 1. The van der Waals surface area contributed by atoms with Gasteiger partial charge in [-0.3, -0.25) is 4.79 Å². The van der Waals surface area contributed by atoms with Gasteiger partial charge < -0.3 is 4.42 Å². The Labute approximate surface area is 98.2 Å². The molecular formula is C13H12O2S. The van der Waals surface area contributed by atoms with Crippen LogP contribution in [0.25, 0.3) is 6.08 Å². The van der Waals surface area contributed by atoms with Crippen LogP contribution in [-0.4, -0.2) is 5.78 Å².